The fourth-order valence-electron chi connectivity index (χ4n) is 2.84. The van der Waals surface area contributed by atoms with E-state index in [9.17, 15) is 4.79 Å². The summed E-state index contributed by atoms with van der Waals surface area (Å²) in [5.41, 5.74) is -0.478. The molecule has 1 aliphatic heterocycles. The molecule has 1 N–H and O–H groups in total. The average Bonchev–Trinajstić information content (AvgIpc) is 3.20. The van der Waals surface area contributed by atoms with E-state index < -0.39 is 5.54 Å². The van der Waals surface area contributed by atoms with Gasteiger partial charge in [0.05, 0.1) is 13.2 Å². The highest BCUT2D eigenvalue weighted by atomic mass is 32.2. The molecular weight excluding hydrogens is 274 g/mol. The molecule has 20 heavy (non-hydrogen) atoms. The van der Waals surface area contributed by atoms with Gasteiger partial charge in [-0.1, -0.05) is 6.92 Å². The van der Waals surface area contributed by atoms with E-state index in [2.05, 4.69) is 12.2 Å². The van der Waals surface area contributed by atoms with Crippen molar-refractivity contribution in [1.29, 1.82) is 0 Å². The highest BCUT2D eigenvalue weighted by molar-refractivity contribution is 7.99. The number of hydrogen-bond donors (Lipinski definition) is 1. The van der Waals surface area contributed by atoms with Gasteiger partial charge in [0.1, 0.15) is 5.54 Å². The van der Waals surface area contributed by atoms with Crippen LogP contribution in [-0.2, 0) is 14.3 Å². The van der Waals surface area contributed by atoms with Crippen LogP contribution in [0.3, 0.4) is 0 Å². The molecule has 0 aromatic heterocycles. The first-order valence-corrected chi connectivity index (χ1v) is 8.91. The average molecular weight is 301 g/mol. The zero-order valence-corrected chi connectivity index (χ0v) is 13.5. The lowest BCUT2D eigenvalue weighted by Crippen LogP contribution is -2.57. The molecular formula is C15H27NO3S. The van der Waals surface area contributed by atoms with Gasteiger partial charge in [-0.25, -0.2) is 0 Å². The maximum absolute atomic E-state index is 12.3. The Morgan fingerprint density at radius 2 is 2.25 bits per heavy atom. The van der Waals surface area contributed by atoms with Crippen LogP contribution in [0, 0.1) is 5.92 Å². The normalized spacial score (nSPS) is 25.4. The van der Waals surface area contributed by atoms with Crippen LogP contribution in [0.15, 0.2) is 0 Å². The van der Waals surface area contributed by atoms with Gasteiger partial charge in [-0.05, 0) is 44.6 Å². The SMILES string of the molecule is CCCNC(CSCC1CCCO1)(C(=O)OC)C1CC1. The number of ether oxygens (including phenoxy) is 2. The number of esters is 1. The molecule has 2 aliphatic rings. The second kappa shape index (κ2) is 7.66. The van der Waals surface area contributed by atoms with E-state index in [4.69, 9.17) is 9.47 Å². The van der Waals surface area contributed by atoms with Crippen LogP contribution in [0.25, 0.3) is 0 Å². The van der Waals surface area contributed by atoms with E-state index in [1.807, 2.05) is 11.8 Å². The maximum atomic E-state index is 12.3. The zero-order valence-electron chi connectivity index (χ0n) is 12.7. The molecule has 0 aromatic rings. The molecule has 0 bridgehead atoms. The van der Waals surface area contributed by atoms with E-state index in [-0.39, 0.29) is 5.97 Å². The van der Waals surface area contributed by atoms with Crippen LogP contribution in [0.1, 0.15) is 39.0 Å². The molecule has 4 nitrogen and oxygen atoms in total. The highest BCUT2D eigenvalue weighted by Gasteiger charge is 2.51. The molecule has 1 heterocycles. The standard InChI is InChI=1S/C15H27NO3S/c1-3-8-16-15(12-6-7-12,14(17)18-2)11-20-10-13-5-4-9-19-13/h12-13,16H,3-11H2,1-2H3. The van der Waals surface area contributed by atoms with Gasteiger partial charge in [-0.2, -0.15) is 11.8 Å². The summed E-state index contributed by atoms with van der Waals surface area (Å²) in [6.45, 7) is 3.89. The van der Waals surface area contributed by atoms with Crippen LogP contribution < -0.4 is 5.32 Å². The molecule has 1 aliphatic carbocycles. The molecule has 5 heteroatoms. The molecule has 2 fully saturated rings. The number of rotatable bonds is 9. The summed E-state index contributed by atoms with van der Waals surface area (Å²) in [4.78, 5) is 12.3. The first-order chi connectivity index (χ1) is 9.73. The molecule has 2 rings (SSSR count). The Morgan fingerprint density at radius 1 is 1.45 bits per heavy atom. The van der Waals surface area contributed by atoms with Crippen molar-refractivity contribution in [1.82, 2.24) is 5.32 Å². The topological polar surface area (TPSA) is 47.6 Å². The molecule has 0 radical (unpaired) electrons. The van der Waals surface area contributed by atoms with Gasteiger partial charge in [0.2, 0.25) is 0 Å². The minimum Gasteiger partial charge on any atom is -0.468 e. The summed E-state index contributed by atoms with van der Waals surface area (Å²) < 4.78 is 10.7. The van der Waals surface area contributed by atoms with E-state index >= 15 is 0 Å². The molecule has 0 aromatic carbocycles. The molecule has 0 spiro atoms. The monoisotopic (exact) mass is 301 g/mol. The molecule has 1 saturated heterocycles. The lowest BCUT2D eigenvalue weighted by atomic mass is 9.95. The fourth-order valence-corrected chi connectivity index (χ4v) is 4.27. The summed E-state index contributed by atoms with van der Waals surface area (Å²) in [7, 11) is 1.50. The zero-order chi connectivity index (χ0) is 14.4. The molecule has 2 atom stereocenters. The van der Waals surface area contributed by atoms with Crippen LogP contribution in [0.2, 0.25) is 0 Å². The van der Waals surface area contributed by atoms with E-state index in [1.165, 1.54) is 13.5 Å². The summed E-state index contributed by atoms with van der Waals surface area (Å²) in [5.74, 6) is 2.13. The van der Waals surface area contributed by atoms with Gasteiger partial charge in [0.15, 0.2) is 0 Å². The molecule has 0 amide bonds. The van der Waals surface area contributed by atoms with Crippen LogP contribution in [-0.4, -0.2) is 49.4 Å². The number of carbonyl (C=O) groups is 1. The van der Waals surface area contributed by atoms with Crippen molar-refractivity contribution in [2.24, 2.45) is 5.92 Å². The number of methoxy groups -OCH3 is 1. The Balaban J connectivity index is 1.91. The third-order valence-corrected chi connectivity index (χ3v) is 5.44. The third-order valence-electron chi connectivity index (χ3n) is 4.17. The van der Waals surface area contributed by atoms with Crippen molar-refractivity contribution >= 4 is 17.7 Å². The van der Waals surface area contributed by atoms with Crippen molar-refractivity contribution in [3.05, 3.63) is 0 Å². The number of carbonyl (C=O) groups excluding carboxylic acids is 1. The first-order valence-electron chi connectivity index (χ1n) is 7.75. The Kier molecular flexibility index (Phi) is 6.18. The van der Waals surface area contributed by atoms with Gasteiger partial charge in [-0.15, -0.1) is 0 Å². The van der Waals surface area contributed by atoms with Crippen molar-refractivity contribution in [2.45, 2.75) is 50.7 Å². The smallest absolute Gasteiger partial charge is 0.327 e. The van der Waals surface area contributed by atoms with E-state index in [1.54, 1.807) is 0 Å². The van der Waals surface area contributed by atoms with Gasteiger partial charge in [0.25, 0.3) is 0 Å². The fraction of sp³-hybridized carbons (Fsp3) is 0.933. The third kappa shape index (κ3) is 3.89. The predicted molar refractivity (Wildman–Crippen MR) is 82.1 cm³/mol. The number of thioether (sulfide) groups is 1. The lowest BCUT2D eigenvalue weighted by Gasteiger charge is -2.32. The number of nitrogens with one attached hydrogen (secondary N) is 1. The van der Waals surface area contributed by atoms with Crippen molar-refractivity contribution in [3.63, 3.8) is 0 Å². The predicted octanol–water partition coefficient (Wildman–Crippen LogP) is 2.22. The van der Waals surface area contributed by atoms with Gasteiger partial charge < -0.3 is 14.8 Å². The first kappa shape index (κ1) is 16.1. The van der Waals surface area contributed by atoms with Crippen molar-refractivity contribution in [3.8, 4) is 0 Å². The van der Waals surface area contributed by atoms with Crippen molar-refractivity contribution < 1.29 is 14.3 Å². The molecule has 116 valence electrons. The minimum absolute atomic E-state index is 0.0895. The van der Waals surface area contributed by atoms with Crippen molar-refractivity contribution in [2.75, 3.05) is 31.8 Å². The van der Waals surface area contributed by atoms with E-state index in [0.29, 0.717) is 12.0 Å². The second-order valence-electron chi connectivity index (χ2n) is 5.81. The highest BCUT2D eigenvalue weighted by Crippen LogP contribution is 2.42. The largest absolute Gasteiger partial charge is 0.468 e. The summed E-state index contributed by atoms with van der Waals surface area (Å²) in [6, 6.07) is 0. The summed E-state index contributed by atoms with van der Waals surface area (Å²) >= 11 is 1.83. The van der Waals surface area contributed by atoms with Gasteiger partial charge in [0, 0.05) is 18.1 Å². The van der Waals surface area contributed by atoms with Gasteiger partial charge in [-0.3, -0.25) is 4.79 Å². The summed E-state index contributed by atoms with van der Waals surface area (Å²) in [6.07, 6.45) is 6.00. The van der Waals surface area contributed by atoms with Gasteiger partial charge >= 0.3 is 5.97 Å². The van der Waals surface area contributed by atoms with E-state index in [0.717, 1.165) is 50.3 Å². The lowest BCUT2D eigenvalue weighted by molar-refractivity contribution is -0.148. The van der Waals surface area contributed by atoms with Crippen LogP contribution >= 0.6 is 11.8 Å². The Hall–Kier alpha value is -0.260. The molecule has 2 unspecified atom stereocenters. The minimum atomic E-state index is -0.478. The Morgan fingerprint density at radius 3 is 2.80 bits per heavy atom. The number of hydrogen-bond acceptors (Lipinski definition) is 5. The molecule has 1 saturated carbocycles. The van der Waals surface area contributed by atoms with Crippen LogP contribution in [0.4, 0.5) is 0 Å². The maximum Gasteiger partial charge on any atom is 0.327 e. The Bertz CT molecular complexity index is 316. The van der Waals surface area contributed by atoms with Crippen LogP contribution in [0.5, 0.6) is 0 Å². The quantitative estimate of drug-likeness (QED) is 0.662. The Labute approximate surface area is 126 Å². The second-order valence-corrected chi connectivity index (χ2v) is 6.84. The summed E-state index contributed by atoms with van der Waals surface area (Å²) in [5, 5.41) is 3.48.